The molecule has 0 saturated heterocycles. The maximum Gasteiger partial charge on any atom is 0.296 e. The molecule has 0 spiro atoms. The van der Waals surface area contributed by atoms with Crippen LogP contribution in [0.2, 0.25) is 0 Å². The highest BCUT2D eigenvalue weighted by Crippen LogP contribution is 2.44. The largest absolute Gasteiger partial charge is 0.506 e. The number of phenols is 2. The molecule has 0 radical (unpaired) electrons. The summed E-state index contributed by atoms with van der Waals surface area (Å²) in [6.45, 7) is 1.52. The summed E-state index contributed by atoms with van der Waals surface area (Å²) in [5, 5.41) is 40.6. The highest BCUT2D eigenvalue weighted by molar-refractivity contribution is 7.86. The Labute approximate surface area is 295 Å². The van der Waals surface area contributed by atoms with E-state index in [1.54, 1.807) is 12.1 Å². The highest BCUT2D eigenvalue weighted by Gasteiger charge is 2.23. The van der Waals surface area contributed by atoms with Gasteiger partial charge < -0.3 is 15.5 Å². The van der Waals surface area contributed by atoms with Crippen LogP contribution < -0.4 is 5.32 Å². The van der Waals surface area contributed by atoms with E-state index in [2.05, 4.69) is 25.8 Å². The molecule has 16 nitrogen and oxygen atoms in total. The fraction of sp³-hybridized carbons (Fsp3) is 0.0303. The Hall–Kier alpha value is -5.83. The number of hydrogen-bond acceptors (Lipinski definition) is 13. The summed E-state index contributed by atoms with van der Waals surface area (Å²) in [5.74, 6) is -1.15. The molecule has 6 N–H and O–H groups in total. The van der Waals surface area contributed by atoms with E-state index >= 15 is 0 Å². The van der Waals surface area contributed by atoms with Gasteiger partial charge in [0.25, 0.3) is 30.4 Å². The van der Waals surface area contributed by atoms with Crippen LogP contribution >= 0.6 is 0 Å². The van der Waals surface area contributed by atoms with Gasteiger partial charge in [-0.3, -0.25) is 13.7 Å². The van der Waals surface area contributed by atoms with Crippen molar-refractivity contribution in [3.63, 3.8) is 0 Å². The fourth-order valence-electron chi connectivity index (χ4n) is 5.29. The Kier molecular flexibility index (Phi) is 9.25. The Bertz CT molecular complexity index is 2830. The van der Waals surface area contributed by atoms with Crippen LogP contribution in [0.4, 0.5) is 34.1 Å². The molecule has 6 aromatic carbocycles. The standard InChI is InChI=1S/C33H25N5O11S3/c1-18-12-27(28(39)17-26(18)36-35-22-15-25-24(30(16-22)51(44,45)46)8-5-9-29(25)50(41,42)43)37-38-32-31(52(47,48)49)14-19-13-21(10-11-23(19)33(32)40)34-20-6-3-2-4-7-20/h2-17,34,39-40H,1H3,(H,41,42,43)(H,44,45,46)(H,47,48,49). The molecule has 0 aliphatic carbocycles. The van der Waals surface area contributed by atoms with Crippen molar-refractivity contribution in [1.82, 2.24) is 0 Å². The van der Waals surface area contributed by atoms with E-state index in [9.17, 15) is 49.1 Å². The second-order valence-electron chi connectivity index (χ2n) is 11.2. The van der Waals surface area contributed by atoms with E-state index < -0.39 is 62.2 Å². The molecule has 19 heteroatoms. The lowest BCUT2D eigenvalue weighted by atomic mass is 10.1. The zero-order chi connectivity index (χ0) is 37.6. The Morgan fingerprint density at radius 1 is 0.538 bits per heavy atom. The lowest BCUT2D eigenvalue weighted by Crippen LogP contribution is -2.03. The fourth-order valence-corrected chi connectivity index (χ4v) is 7.37. The molecule has 0 bridgehead atoms. The second-order valence-corrected chi connectivity index (χ2v) is 15.4. The third kappa shape index (κ3) is 7.44. The van der Waals surface area contributed by atoms with E-state index in [0.717, 1.165) is 36.0 Å². The molecular weight excluding hydrogens is 739 g/mol. The van der Waals surface area contributed by atoms with Gasteiger partial charge in [-0.25, -0.2) is 0 Å². The Morgan fingerprint density at radius 3 is 1.88 bits per heavy atom. The van der Waals surface area contributed by atoms with Gasteiger partial charge in [-0.2, -0.15) is 35.5 Å². The smallest absolute Gasteiger partial charge is 0.296 e. The van der Waals surface area contributed by atoms with Gasteiger partial charge in [0.2, 0.25) is 0 Å². The van der Waals surface area contributed by atoms with Gasteiger partial charge in [0.1, 0.15) is 31.8 Å². The first-order chi connectivity index (χ1) is 24.4. The SMILES string of the molecule is Cc1cc(N=Nc2c(S(=O)(=O)O)cc3cc(Nc4ccccc4)ccc3c2O)c(O)cc1N=Nc1cc(S(=O)(=O)O)c2cccc(S(=O)(=O)O)c2c1. The van der Waals surface area contributed by atoms with Gasteiger partial charge in [0.15, 0.2) is 5.75 Å². The number of aromatic hydroxyl groups is 2. The van der Waals surface area contributed by atoms with Gasteiger partial charge >= 0.3 is 0 Å². The number of hydrogen-bond donors (Lipinski definition) is 6. The number of nitrogens with zero attached hydrogens (tertiary/aromatic N) is 4. The van der Waals surface area contributed by atoms with Crippen molar-refractivity contribution in [3.05, 3.63) is 103 Å². The van der Waals surface area contributed by atoms with Crippen LogP contribution in [0, 0.1) is 6.92 Å². The summed E-state index contributed by atoms with van der Waals surface area (Å²) >= 11 is 0. The van der Waals surface area contributed by atoms with Crippen molar-refractivity contribution in [1.29, 1.82) is 0 Å². The van der Waals surface area contributed by atoms with Crippen molar-refractivity contribution in [3.8, 4) is 11.5 Å². The molecule has 6 aromatic rings. The quantitative estimate of drug-likeness (QED) is 0.0604. The molecule has 0 atom stereocenters. The molecular formula is C33H25N5O11S3. The number of phenolic OH excluding ortho intramolecular Hbond substituents is 2. The van der Waals surface area contributed by atoms with Crippen molar-refractivity contribution in [2.24, 2.45) is 20.5 Å². The number of fused-ring (bicyclic) bond motifs is 2. The first-order valence-corrected chi connectivity index (χ1v) is 19.0. The number of benzene rings is 6. The molecule has 0 aliphatic rings. The summed E-state index contributed by atoms with van der Waals surface area (Å²) in [4.78, 5) is -2.10. The van der Waals surface area contributed by atoms with Crippen LogP contribution in [-0.2, 0) is 30.4 Å². The first kappa shape index (κ1) is 36.0. The molecule has 266 valence electrons. The molecule has 0 fully saturated rings. The molecule has 0 aromatic heterocycles. The summed E-state index contributed by atoms with van der Waals surface area (Å²) in [6, 6.07) is 22.8. The van der Waals surface area contributed by atoms with E-state index in [1.165, 1.54) is 31.2 Å². The monoisotopic (exact) mass is 763 g/mol. The van der Waals surface area contributed by atoms with Gasteiger partial charge in [0.05, 0.1) is 11.4 Å². The number of anilines is 2. The summed E-state index contributed by atoms with van der Waals surface area (Å²) in [6.07, 6.45) is 0. The van der Waals surface area contributed by atoms with Crippen molar-refractivity contribution in [2.45, 2.75) is 21.6 Å². The maximum atomic E-state index is 12.4. The van der Waals surface area contributed by atoms with Gasteiger partial charge in [-0.15, -0.1) is 10.2 Å². The molecule has 0 aliphatic heterocycles. The highest BCUT2D eigenvalue weighted by atomic mass is 32.2. The van der Waals surface area contributed by atoms with Gasteiger partial charge in [-0.05, 0) is 78.5 Å². The van der Waals surface area contributed by atoms with Crippen LogP contribution in [-0.4, -0.2) is 49.1 Å². The van der Waals surface area contributed by atoms with E-state index in [4.69, 9.17) is 0 Å². The Morgan fingerprint density at radius 2 is 1.21 bits per heavy atom. The summed E-state index contributed by atoms with van der Waals surface area (Å²) in [7, 11) is -14.7. The molecule has 0 unspecified atom stereocenters. The van der Waals surface area contributed by atoms with Crippen molar-refractivity contribution in [2.75, 3.05) is 5.32 Å². The Balaban J connectivity index is 1.36. The third-order valence-electron chi connectivity index (χ3n) is 7.67. The van der Waals surface area contributed by atoms with Gasteiger partial charge in [-0.1, -0.05) is 30.3 Å². The minimum Gasteiger partial charge on any atom is -0.506 e. The van der Waals surface area contributed by atoms with Crippen molar-refractivity contribution < 1.29 is 49.1 Å². The van der Waals surface area contributed by atoms with Crippen LogP contribution in [0.25, 0.3) is 21.5 Å². The predicted molar refractivity (Wildman–Crippen MR) is 190 cm³/mol. The number of aryl methyl sites for hydroxylation is 1. The van der Waals surface area contributed by atoms with E-state index in [-0.39, 0.29) is 38.6 Å². The molecule has 6 rings (SSSR count). The topological polar surface area (TPSA) is 265 Å². The normalized spacial score (nSPS) is 12.7. The van der Waals surface area contributed by atoms with Gasteiger partial charge in [0, 0.05) is 33.6 Å². The summed E-state index contributed by atoms with van der Waals surface area (Å²) in [5.41, 5.74) is 0.580. The number of para-hydroxylation sites is 1. The third-order valence-corrected chi connectivity index (χ3v) is 10.3. The predicted octanol–water partition coefficient (Wildman–Crippen LogP) is 8.03. The van der Waals surface area contributed by atoms with Crippen LogP contribution in [0.5, 0.6) is 11.5 Å². The maximum absolute atomic E-state index is 12.4. The number of rotatable bonds is 9. The average Bonchev–Trinajstić information content (AvgIpc) is 3.06. The molecule has 0 heterocycles. The molecule has 52 heavy (non-hydrogen) atoms. The lowest BCUT2D eigenvalue weighted by molar-refractivity contribution is 0.471. The van der Waals surface area contributed by atoms with Crippen LogP contribution in [0.15, 0.2) is 132 Å². The van der Waals surface area contributed by atoms with Crippen LogP contribution in [0.3, 0.4) is 0 Å². The zero-order valence-corrected chi connectivity index (χ0v) is 28.9. The molecule has 0 saturated carbocycles. The molecule has 0 amide bonds. The first-order valence-electron chi connectivity index (χ1n) is 14.7. The van der Waals surface area contributed by atoms with E-state index in [1.807, 2.05) is 30.3 Å². The zero-order valence-electron chi connectivity index (χ0n) is 26.4. The van der Waals surface area contributed by atoms with E-state index in [0.29, 0.717) is 11.3 Å². The lowest BCUT2D eigenvalue weighted by Gasteiger charge is -2.11. The summed E-state index contributed by atoms with van der Waals surface area (Å²) < 4.78 is 102. The minimum atomic E-state index is -4.94. The number of nitrogens with one attached hydrogen (secondary N) is 1. The minimum absolute atomic E-state index is 0.0140. The average molecular weight is 764 g/mol. The van der Waals surface area contributed by atoms with Crippen LogP contribution in [0.1, 0.15) is 5.56 Å². The van der Waals surface area contributed by atoms with Crippen molar-refractivity contribution >= 4 is 86.0 Å². The number of azo groups is 2. The second kappa shape index (κ2) is 13.4.